The lowest BCUT2D eigenvalue weighted by Gasteiger charge is -2.17. The van der Waals surface area contributed by atoms with Crippen molar-refractivity contribution in [2.24, 2.45) is 0 Å². The van der Waals surface area contributed by atoms with Gasteiger partial charge in [0, 0.05) is 23.2 Å². The molecule has 0 bridgehead atoms. The van der Waals surface area contributed by atoms with E-state index in [1.165, 1.54) is 5.56 Å². The fraction of sp³-hybridized carbons (Fsp3) is 0.400. The van der Waals surface area contributed by atoms with Crippen LogP contribution in [0.25, 0.3) is 0 Å². The Bertz CT molecular complexity index is 659. The molecule has 4 nitrogen and oxygen atoms in total. The van der Waals surface area contributed by atoms with Crippen LogP contribution in [0.4, 0.5) is 0 Å². The number of aliphatic hydroxyl groups excluding tert-OH is 1. The predicted octanol–water partition coefficient (Wildman–Crippen LogP) is 4.21. The van der Waals surface area contributed by atoms with Crippen molar-refractivity contribution in [3.05, 3.63) is 57.6 Å². The van der Waals surface area contributed by atoms with E-state index in [4.69, 9.17) is 14.6 Å². The maximum absolute atomic E-state index is 8.86. The molecule has 2 aromatic carbocycles. The number of hydrogen-bond acceptors (Lipinski definition) is 4. The van der Waals surface area contributed by atoms with Crippen LogP contribution in [0.3, 0.4) is 0 Å². The summed E-state index contributed by atoms with van der Waals surface area (Å²) in [6.07, 6.45) is 1.75. The summed E-state index contributed by atoms with van der Waals surface area (Å²) in [4.78, 5) is 0. The average Bonchev–Trinajstić information content (AvgIpc) is 2.62. The van der Waals surface area contributed by atoms with Gasteiger partial charge in [0.05, 0.1) is 7.11 Å². The number of halogens is 1. The van der Waals surface area contributed by atoms with Crippen LogP contribution in [-0.2, 0) is 13.2 Å². The highest BCUT2D eigenvalue weighted by molar-refractivity contribution is 9.10. The first-order valence-corrected chi connectivity index (χ1v) is 9.30. The van der Waals surface area contributed by atoms with Crippen LogP contribution in [-0.4, -0.2) is 25.4 Å². The minimum atomic E-state index is 0.232. The summed E-state index contributed by atoms with van der Waals surface area (Å²) in [5.74, 6) is 1.48. The zero-order valence-electron chi connectivity index (χ0n) is 14.8. The third kappa shape index (κ3) is 6.03. The van der Waals surface area contributed by atoms with Gasteiger partial charge < -0.3 is 19.9 Å². The summed E-state index contributed by atoms with van der Waals surface area (Å²) < 4.78 is 12.6. The molecule has 0 amide bonds. The molecule has 136 valence electrons. The molecule has 2 rings (SSSR count). The highest BCUT2D eigenvalue weighted by Gasteiger charge is 2.14. The molecule has 0 unspecified atom stereocenters. The van der Waals surface area contributed by atoms with E-state index in [1.807, 2.05) is 12.1 Å². The summed E-state index contributed by atoms with van der Waals surface area (Å²) in [5.41, 5.74) is 3.39. The van der Waals surface area contributed by atoms with E-state index in [2.05, 4.69) is 52.4 Å². The van der Waals surface area contributed by atoms with Crippen molar-refractivity contribution < 1.29 is 14.6 Å². The van der Waals surface area contributed by atoms with Gasteiger partial charge in [-0.05, 0) is 44.0 Å². The van der Waals surface area contributed by atoms with E-state index < -0.39 is 0 Å². The average molecular weight is 408 g/mol. The van der Waals surface area contributed by atoms with Gasteiger partial charge in [0.2, 0.25) is 0 Å². The highest BCUT2D eigenvalue weighted by Crippen LogP contribution is 2.36. The number of nitrogens with one attached hydrogen (secondary N) is 1. The number of hydrogen-bond donors (Lipinski definition) is 2. The fourth-order valence-corrected chi connectivity index (χ4v) is 2.93. The van der Waals surface area contributed by atoms with Crippen LogP contribution >= 0.6 is 15.9 Å². The third-order valence-corrected chi connectivity index (χ3v) is 4.70. The maximum atomic E-state index is 8.86. The molecule has 0 aliphatic heterocycles. The molecular weight excluding hydrogens is 382 g/mol. The fourth-order valence-electron chi connectivity index (χ4n) is 2.48. The Kier molecular flexibility index (Phi) is 8.25. The van der Waals surface area contributed by atoms with Gasteiger partial charge in [-0.1, -0.05) is 45.8 Å². The number of aliphatic hydroxyl groups is 1. The van der Waals surface area contributed by atoms with Crippen LogP contribution in [0.2, 0.25) is 0 Å². The third-order valence-electron chi connectivity index (χ3n) is 3.95. The van der Waals surface area contributed by atoms with E-state index in [1.54, 1.807) is 7.11 Å². The van der Waals surface area contributed by atoms with Gasteiger partial charge in [-0.25, -0.2) is 0 Å². The summed E-state index contributed by atoms with van der Waals surface area (Å²) in [5, 5.41) is 12.3. The van der Waals surface area contributed by atoms with E-state index >= 15 is 0 Å². The number of benzene rings is 2. The van der Waals surface area contributed by atoms with Gasteiger partial charge in [0.25, 0.3) is 0 Å². The van der Waals surface area contributed by atoms with Crippen molar-refractivity contribution in [3.63, 3.8) is 0 Å². The van der Waals surface area contributed by atoms with E-state index in [9.17, 15) is 0 Å². The lowest BCUT2D eigenvalue weighted by atomic mass is 10.1. The largest absolute Gasteiger partial charge is 0.493 e. The molecule has 0 saturated carbocycles. The Balaban J connectivity index is 2.10. The molecule has 0 aliphatic carbocycles. The molecule has 5 heteroatoms. The maximum Gasteiger partial charge on any atom is 0.167 e. The molecule has 0 aromatic heterocycles. The molecule has 0 atom stereocenters. The molecule has 0 aliphatic rings. The Morgan fingerprint density at radius 1 is 1.08 bits per heavy atom. The lowest BCUT2D eigenvalue weighted by molar-refractivity contribution is 0.278. The molecule has 0 fully saturated rings. The quantitative estimate of drug-likeness (QED) is 0.579. The van der Waals surface area contributed by atoms with Gasteiger partial charge in [0.1, 0.15) is 6.61 Å². The highest BCUT2D eigenvalue weighted by atomic mass is 79.9. The number of methoxy groups -OCH3 is 1. The lowest BCUT2D eigenvalue weighted by Crippen LogP contribution is -2.16. The first-order valence-electron chi connectivity index (χ1n) is 8.51. The second-order valence-corrected chi connectivity index (χ2v) is 6.79. The number of ether oxygens (including phenoxy) is 2. The predicted molar refractivity (Wildman–Crippen MR) is 104 cm³/mol. The minimum absolute atomic E-state index is 0.232. The molecule has 0 radical (unpaired) electrons. The standard InChI is InChI=1S/C20H26BrNO3/c1-15-5-7-16(8-6-15)14-25-20-17(13-22-11-3-4-12-23)18(21)9-10-19(20)24-2/h5-10,22-23H,3-4,11-14H2,1-2H3. The Morgan fingerprint density at radius 2 is 1.84 bits per heavy atom. The summed E-state index contributed by atoms with van der Waals surface area (Å²) >= 11 is 3.61. The van der Waals surface area contributed by atoms with Crippen molar-refractivity contribution in [3.8, 4) is 11.5 Å². The zero-order chi connectivity index (χ0) is 18.1. The van der Waals surface area contributed by atoms with Crippen molar-refractivity contribution in [2.75, 3.05) is 20.3 Å². The van der Waals surface area contributed by atoms with E-state index in [-0.39, 0.29) is 6.61 Å². The SMILES string of the molecule is COc1ccc(Br)c(CNCCCCO)c1OCc1ccc(C)cc1. The monoisotopic (exact) mass is 407 g/mol. The summed E-state index contributed by atoms with van der Waals surface area (Å²) in [7, 11) is 1.65. The Hall–Kier alpha value is -1.56. The number of rotatable bonds is 10. The van der Waals surface area contributed by atoms with Gasteiger partial charge in [-0.2, -0.15) is 0 Å². The van der Waals surface area contributed by atoms with Crippen LogP contribution in [0.5, 0.6) is 11.5 Å². The van der Waals surface area contributed by atoms with E-state index in [0.717, 1.165) is 46.5 Å². The minimum Gasteiger partial charge on any atom is -0.493 e. The smallest absolute Gasteiger partial charge is 0.167 e. The van der Waals surface area contributed by atoms with Gasteiger partial charge >= 0.3 is 0 Å². The van der Waals surface area contributed by atoms with E-state index in [0.29, 0.717) is 13.2 Å². The first kappa shape index (κ1) is 19.8. The van der Waals surface area contributed by atoms with Crippen molar-refractivity contribution >= 4 is 15.9 Å². The summed E-state index contributed by atoms with van der Waals surface area (Å²) in [6, 6.07) is 12.2. The first-order chi connectivity index (χ1) is 12.2. The molecule has 0 saturated heterocycles. The second kappa shape index (κ2) is 10.4. The van der Waals surface area contributed by atoms with Crippen molar-refractivity contribution in [2.45, 2.75) is 32.9 Å². The topological polar surface area (TPSA) is 50.7 Å². The molecule has 2 aromatic rings. The van der Waals surface area contributed by atoms with Crippen molar-refractivity contribution in [1.82, 2.24) is 5.32 Å². The number of aryl methyl sites for hydroxylation is 1. The molecular formula is C20H26BrNO3. The van der Waals surface area contributed by atoms with Crippen molar-refractivity contribution in [1.29, 1.82) is 0 Å². The Morgan fingerprint density at radius 3 is 2.52 bits per heavy atom. The van der Waals surface area contributed by atoms with Gasteiger partial charge in [-0.15, -0.1) is 0 Å². The van der Waals surface area contributed by atoms with Crippen LogP contribution in [0.15, 0.2) is 40.9 Å². The molecule has 2 N–H and O–H groups in total. The molecule has 0 spiro atoms. The second-order valence-electron chi connectivity index (χ2n) is 5.94. The van der Waals surface area contributed by atoms with Crippen LogP contribution in [0, 0.1) is 6.92 Å². The van der Waals surface area contributed by atoms with Gasteiger partial charge in [0.15, 0.2) is 11.5 Å². The van der Waals surface area contributed by atoms with Gasteiger partial charge in [-0.3, -0.25) is 0 Å². The Labute approximate surface area is 158 Å². The zero-order valence-corrected chi connectivity index (χ0v) is 16.4. The number of unbranched alkanes of at least 4 members (excludes halogenated alkanes) is 1. The molecule has 25 heavy (non-hydrogen) atoms. The normalized spacial score (nSPS) is 10.7. The molecule has 0 heterocycles. The summed E-state index contributed by atoms with van der Waals surface area (Å²) in [6.45, 7) is 4.32. The van der Waals surface area contributed by atoms with Crippen LogP contribution in [0.1, 0.15) is 29.5 Å². The van der Waals surface area contributed by atoms with Crippen LogP contribution < -0.4 is 14.8 Å².